The van der Waals surface area contributed by atoms with Crippen LogP contribution in [0.1, 0.15) is 18.2 Å². The Hall–Kier alpha value is -0.880. The molecule has 0 fully saturated rings. The number of hydrogen-bond donors (Lipinski definition) is 0. The van der Waals surface area contributed by atoms with Gasteiger partial charge in [-0.05, 0) is 33.8 Å². The predicted molar refractivity (Wildman–Crippen MR) is 87.4 cm³/mol. The number of nitrogens with zero attached hydrogens (tertiary/aromatic N) is 3. The molecule has 0 aliphatic rings. The molecule has 0 amide bonds. The van der Waals surface area contributed by atoms with Gasteiger partial charge >= 0.3 is 6.18 Å². The van der Waals surface area contributed by atoms with E-state index in [9.17, 15) is 13.2 Å². The van der Waals surface area contributed by atoms with E-state index in [0.29, 0.717) is 15.3 Å². The SMILES string of the molecule is CCSc1c(C#N)nn(-c2c(Cl)cc(C(F)(F)F)cc2Cl)c1Br. The van der Waals surface area contributed by atoms with Crippen molar-refractivity contribution in [3.63, 3.8) is 0 Å². The molecule has 2 aromatic rings. The number of nitriles is 1. The zero-order valence-electron chi connectivity index (χ0n) is 11.4. The zero-order valence-corrected chi connectivity index (χ0v) is 15.3. The standard InChI is InChI=1S/C13H7BrCl2F3N3S/c1-2-23-11-9(5-20)21-22(12(11)14)10-7(15)3-6(4-8(10)16)13(17,18)19/h3-4H,2H2,1H3. The fraction of sp³-hybridized carbons (Fsp3) is 0.231. The second kappa shape index (κ2) is 6.93. The highest BCUT2D eigenvalue weighted by atomic mass is 79.9. The van der Waals surface area contributed by atoms with Crippen molar-refractivity contribution in [1.29, 1.82) is 5.26 Å². The Morgan fingerprint density at radius 2 is 1.91 bits per heavy atom. The van der Waals surface area contributed by atoms with E-state index < -0.39 is 11.7 Å². The molecule has 0 saturated heterocycles. The van der Waals surface area contributed by atoms with E-state index in [1.54, 1.807) is 0 Å². The van der Waals surface area contributed by atoms with Gasteiger partial charge in [-0.15, -0.1) is 11.8 Å². The van der Waals surface area contributed by atoms with Crippen LogP contribution in [-0.4, -0.2) is 15.5 Å². The maximum atomic E-state index is 12.8. The van der Waals surface area contributed by atoms with Crippen LogP contribution in [0.3, 0.4) is 0 Å². The molecule has 1 aromatic heterocycles. The third-order valence-corrected chi connectivity index (χ3v) is 5.27. The summed E-state index contributed by atoms with van der Waals surface area (Å²) in [5.41, 5.74) is -0.744. The molecule has 2 rings (SSSR count). The van der Waals surface area contributed by atoms with Gasteiger partial charge in [-0.3, -0.25) is 0 Å². The van der Waals surface area contributed by atoms with Crippen LogP contribution in [-0.2, 0) is 6.18 Å². The summed E-state index contributed by atoms with van der Waals surface area (Å²) in [6, 6.07) is 3.48. The van der Waals surface area contributed by atoms with Crippen molar-refractivity contribution >= 4 is 50.9 Å². The quantitative estimate of drug-likeness (QED) is 0.549. The van der Waals surface area contributed by atoms with Crippen molar-refractivity contribution in [3.05, 3.63) is 38.0 Å². The van der Waals surface area contributed by atoms with Gasteiger partial charge in [0.2, 0.25) is 0 Å². The maximum absolute atomic E-state index is 12.8. The highest BCUT2D eigenvalue weighted by Crippen LogP contribution is 2.40. The Morgan fingerprint density at radius 1 is 1.35 bits per heavy atom. The Labute approximate surface area is 152 Å². The van der Waals surface area contributed by atoms with Crippen molar-refractivity contribution < 1.29 is 13.2 Å². The van der Waals surface area contributed by atoms with E-state index in [4.69, 9.17) is 28.5 Å². The molecule has 122 valence electrons. The van der Waals surface area contributed by atoms with Crippen molar-refractivity contribution in [1.82, 2.24) is 9.78 Å². The molecule has 0 N–H and O–H groups in total. The number of aromatic nitrogens is 2. The molecule has 0 unspecified atom stereocenters. The molecule has 0 radical (unpaired) electrons. The summed E-state index contributed by atoms with van der Waals surface area (Å²) in [6.45, 7) is 1.90. The van der Waals surface area contributed by atoms with Crippen molar-refractivity contribution in [2.24, 2.45) is 0 Å². The number of benzene rings is 1. The lowest BCUT2D eigenvalue weighted by molar-refractivity contribution is -0.137. The third-order valence-electron chi connectivity index (χ3n) is 2.74. The van der Waals surface area contributed by atoms with Crippen molar-refractivity contribution in [3.8, 4) is 11.8 Å². The summed E-state index contributed by atoms with van der Waals surface area (Å²) in [5, 5.41) is 12.8. The minimum atomic E-state index is -4.56. The number of alkyl halides is 3. The van der Waals surface area contributed by atoms with Crippen molar-refractivity contribution in [2.45, 2.75) is 18.0 Å². The second-order valence-electron chi connectivity index (χ2n) is 4.21. The molecule has 0 aliphatic heterocycles. The average Bonchev–Trinajstić information content (AvgIpc) is 2.75. The first kappa shape index (κ1) is 18.5. The minimum absolute atomic E-state index is 0.0765. The monoisotopic (exact) mass is 443 g/mol. The highest BCUT2D eigenvalue weighted by molar-refractivity contribution is 9.10. The molecule has 1 aromatic carbocycles. The van der Waals surface area contributed by atoms with E-state index in [-0.39, 0.29) is 21.4 Å². The summed E-state index contributed by atoms with van der Waals surface area (Å²) in [6.07, 6.45) is -4.56. The smallest absolute Gasteiger partial charge is 0.221 e. The lowest BCUT2D eigenvalue weighted by atomic mass is 10.2. The largest absolute Gasteiger partial charge is 0.416 e. The molecular weight excluding hydrogens is 438 g/mol. The lowest BCUT2D eigenvalue weighted by Crippen LogP contribution is -2.07. The van der Waals surface area contributed by atoms with Crippen LogP contribution in [0.15, 0.2) is 21.6 Å². The Kier molecular flexibility index (Phi) is 5.56. The van der Waals surface area contributed by atoms with E-state index in [0.717, 1.165) is 12.1 Å². The molecule has 1 heterocycles. The molecule has 0 atom stereocenters. The van der Waals surface area contributed by atoms with Crippen molar-refractivity contribution in [2.75, 3.05) is 5.75 Å². The topological polar surface area (TPSA) is 41.6 Å². The summed E-state index contributed by atoms with van der Waals surface area (Å²) in [4.78, 5) is 0.571. The molecule has 23 heavy (non-hydrogen) atoms. The van der Waals surface area contributed by atoms with Gasteiger partial charge in [0, 0.05) is 0 Å². The first-order valence-electron chi connectivity index (χ1n) is 6.08. The van der Waals surface area contributed by atoms with Gasteiger partial charge in [-0.25, -0.2) is 4.68 Å². The van der Waals surface area contributed by atoms with E-state index in [1.165, 1.54) is 16.4 Å². The van der Waals surface area contributed by atoms with Gasteiger partial charge in [-0.2, -0.15) is 23.5 Å². The van der Waals surface area contributed by atoms with Crippen LogP contribution >= 0.6 is 50.9 Å². The summed E-state index contributed by atoms with van der Waals surface area (Å²) >= 11 is 16.6. The maximum Gasteiger partial charge on any atom is 0.416 e. The molecule has 0 aliphatic carbocycles. The van der Waals surface area contributed by atoms with E-state index in [2.05, 4.69) is 21.0 Å². The van der Waals surface area contributed by atoms with E-state index in [1.807, 2.05) is 13.0 Å². The van der Waals surface area contributed by atoms with Gasteiger partial charge in [0.15, 0.2) is 5.69 Å². The van der Waals surface area contributed by atoms with Crippen LogP contribution in [0.2, 0.25) is 10.0 Å². The van der Waals surface area contributed by atoms with E-state index >= 15 is 0 Å². The fourth-order valence-electron chi connectivity index (χ4n) is 1.81. The average molecular weight is 445 g/mol. The van der Waals surface area contributed by atoms with Gasteiger partial charge in [0.1, 0.15) is 16.4 Å². The number of halogens is 6. The summed E-state index contributed by atoms with van der Waals surface area (Å²) in [7, 11) is 0. The molecular formula is C13H7BrCl2F3N3S. The minimum Gasteiger partial charge on any atom is -0.221 e. The van der Waals surface area contributed by atoms with Crippen LogP contribution in [0, 0.1) is 11.3 Å². The third kappa shape index (κ3) is 3.63. The zero-order chi connectivity index (χ0) is 17.4. The Balaban J connectivity index is 2.67. The molecule has 0 spiro atoms. The molecule has 0 saturated carbocycles. The lowest BCUT2D eigenvalue weighted by Gasteiger charge is -2.13. The Bertz CT molecular complexity index is 776. The number of thioether (sulfide) groups is 1. The van der Waals surface area contributed by atoms with Gasteiger partial charge < -0.3 is 0 Å². The second-order valence-corrected chi connectivity index (χ2v) is 7.05. The predicted octanol–water partition coefficient (Wildman–Crippen LogP) is 5.94. The van der Waals surface area contributed by atoms with Crippen LogP contribution in [0.25, 0.3) is 5.69 Å². The number of hydrogen-bond acceptors (Lipinski definition) is 3. The van der Waals surface area contributed by atoms with Crippen LogP contribution in [0.4, 0.5) is 13.2 Å². The number of rotatable bonds is 3. The Morgan fingerprint density at radius 3 is 2.35 bits per heavy atom. The highest BCUT2D eigenvalue weighted by Gasteiger charge is 2.32. The molecule has 3 nitrogen and oxygen atoms in total. The van der Waals surface area contributed by atoms with Gasteiger partial charge in [0.05, 0.1) is 20.5 Å². The molecule has 10 heteroatoms. The van der Waals surface area contributed by atoms with Crippen LogP contribution < -0.4 is 0 Å². The molecule has 0 bridgehead atoms. The van der Waals surface area contributed by atoms with Gasteiger partial charge in [0.25, 0.3) is 0 Å². The fourth-order valence-corrected chi connectivity index (χ4v) is 3.96. The van der Waals surface area contributed by atoms with Crippen LogP contribution in [0.5, 0.6) is 0 Å². The summed E-state index contributed by atoms with van der Waals surface area (Å²) < 4.78 is 40.0. The summed E-state index contributed by atoms with van der Waals surface area (Å²) in [5.74, 6) is 0.688. The first-order chi connectivity index (χ1) is 10.7. The van der Waals surface area contributed by atoms with Gasteiger partial charge in [-0.1, -0.05) is 30.1 Å². The first-order valence-corrected chi connectivity index (χ1v) is 8.62. The normalized spacial score (nSPS) is 11.6.